The molecule has 17 nitrogen and oxygen atoms in total. The van der Waals surface area contributed by atoms with E-state index in [2.05, 4.69) is 31.2 Å². The molecule has 0 unspecified atom stereocenters. The number of amides is 5. The van der Waals surface area contributed by atoms with Crippen LogP contribution in [-0.4, -0.2) is 97.5 Å². The van der Waals surface area contributed by atoms with Gasteiger partial charge in [-0.05, 0) is 70.2 Å². The molecule has 2 aromatic heterocycles. The fourth-order valence-electron chi connectivity index (χ4n) is 7.42. The van der Waals surface area contributed by atoms with Crippen molar-refractivity contribution in [3.05, 3.63) is 126 Å². The van der Waals surface area contributed by atoms with Gasteiger partial charge in [0.05, 0.1) is 18.6 Å². The maximum Gasteiger partial charge on any atom is 0.408 e. The maximum atomic E-state index is 14.3. The fraction of sp³-hybridized carbons (Fsp3) is 0.396. The molecule has 344 valence electrons. The number of nitrogens with zero attached hydrogens (tertiary/aromatic N) is 3. The van der Waals surface area contributed by atoms with E-state index in [0.717, 1.165) is 27.6 Å². The molecule has 3 aromatic carbocycles. The maximum absolute atomic E-state index is 14.3. The van der Waals surface area contributed by atoms with Crippen molar-refractivity contribution >= 4 is 46.6 Å². The van der Waals surface area contributed by atoms with E-state index in [0.29, 0.717) is 25.1 Å². The van der Waals surface area contributed by atoms with Crippen molar-refractivity contribution in [3.8, 4) is 0 Å². The average molecular weight is 891 g/mol. The van der Waals surface area contributed by atoms with Crippen LogP contribution in [0.4, 0.5) is 4.79 Å². The second-order valence-corrected chi connectivity index (χ2v) is 17.1. The number of para-hydroxylation sites is 1. The first kappa shape index (κ1) is 47.5. The Bertz CT molecular complexity index is 2410. The molecule has 5 aromatic rings. The summed E-state index contributed by atoms with van der Waals surface area (Å²) in [5.41, 5.74) is 3.06. The number of carbonyl (C=O) groups excluding carboxylic acids is 6. The molecule has 0 radical (unpaired) electrons. The fourth-order valence-corrected chi connectivity index (χ4v) is 7.42. The summed E-state index contributed by atoms with van der Waals surface area (Å²) in [6.45, 7) is 8.92. The molecule has 0 aliphatic carbocycles. The molecule has 0 spiro atoms. The largest absolute Gasteiger partial charge is 0.459 e. The Morgan fingerprint density at radius 2 is 1.46 bits per heavy atom. The molecule has 1 fully saturated rings. The Labute approximate surface area is 378 Å². The summed E-state index contributed by atoms with van der Waals surface area (Å²) in [7, 11) is 0. The van der Waals surface area contributed by atoms with E-state index in [-0.39, 0.29) is 32.7 Å². The van der Waals surface area contributed by atoms with Crippen LogP contribution in [-0.2, 0) is 71.0 Å². The summed E-state index contributed by atoms with van der Waals surface area (Å²) in [5, 5.41) is 11.7. The number of H-pyrrole nitrogens is 1. The van der Waals surface area contributed by atoms with Crippen LogP contribution in [0, 0.1) is 0 Å². The van der Waals surface area contributed by atoms with Crippen LogP contribution in [0.25, 0.3) is 10.9 Å². The first-order chi connectivity index (χ1) is 31.1. The number of rotatable bonds is 19. The second-order valence-electron chi connectivity index (χ2n) is 17.1. The number of imidazole rings is 1. The van der Waals surface area contributed by atoms with Crippen molar-refractivity contribution in [1.29, 1.82) is 0 Å². The predicted molar refractivity (Wildman–Crippen MR) is 240 cm³/mol. The van der Waals surface area contributed by atoms with Gasteiger partial charge in [-0.2, -0.15) is 0 Å². The summed E-state index contributed by atoms with van der Waals surface area (Å²) in [6, 6.07) is 20.9. The minimum Gasteiger partial charge on any atom is -0.459 e. The van der Waals surface area contributed by atoms with Crippen LogP contribution < -0.4 is 21.3 Å². The lowest BCUT2D eigenvalue weighted by Gasteiger charge is -2.30. The van der Waals surface area contributed by atoms with Gasteiger partial charge in [0.25, 0.3) is 0 Å². The molecule has 6 rings (SSSR count). The van der Waals surface area contributed by atoms with E-state index >= 15 is 0 Å². The smallest absolute Gasteiger partial charge is 0.408 e. The van der Waals surface area contributed by atoms with Gasteiger partial charge < -0.3 is 49.9 Å². The molecular weight excluding hydrogens is 833 g/mol. The number of likely N-dealkylation sites (tertiary alicyclic amines) is 1. The number of esters is 1. The molecular formula is C48H58N8O9. The molecule has 0 saturated carbocycles. The van der Waals surface area contributed by atoms with Gasteiger partial charge in [0.15, 0.2) is 0 Å². The highest BCUT2D eigenvalue weighted by atomic mass is 16.6. The van der Waals surface area contributed by atoms with Crippen LogP contribution >= 0.6 is 0 Å². The van der Waals surface area contributed by atoms with Crippen molar-refractivity contribution in [1.82, 2.24) is 40.7 Å². The van der Waals surface area contributed by atoms with E-state index in [1.54, 1.807) is 44.1 Å². The third kappa shape index (κ3) is 13.7. The molecule has 17 heteroatoms. The van der Waals surface area contributed by atoms with Crippen LogP contribution in [0.15, 0.2) is 104 Å². The Hall–Kier alpha value is -7.01. The number of alkyl carbamates (subject to hydrolysis) is 1. The third-order valence-corrected chi connectivity index (χ3v) is 10.7. The number of hydrogen-bond acceptors (Lipinski definition) is 10. The van der Waals surface area contributed by atoms with Crippen LogP contribution in [0.5, 0.6) is 0 Å². The lowest BCUT2D eigenvalue weighted by Crippen LogP contribution is -2.58. The van der Waals surface area contributed by atoms with Gasteiger partial charge in [0, 0.05) is 42.7 Å². The van der Waals surface area contributed by atoms with Crippen molar-refractivity contribution in [2.45, 2.75) is 116 Å². The van der Waals surface area contributed by atoms with Gasteiger partial charge in [0.1, 0.15) is 49.1 Å². The van der Waals surface area contributed by atoms with E-state index in [1.165, 1.54) is 18.7 Å². The molecule has 5 N–H and O–H groups in total. The highest BCUT2D eigenvalue weighted by Gasteiger charge is 2.39. The summed E-state index contributed by atoms with van der Waals surface area (Å²) < 4.78 is 18.4. The quantitative estimate of drug-likeness (QED) is 0.0735. The predicted octanol–water partition coefficient (Wildman–Crippen LogP) is 4.45. The number of benzene rings is 3. The summed E-state index contributed by atoms with van der Waals surface area (Å²) in [5.74, 6) is -3.10. The molecule has 1 aliphatic rings. The first-order valence-electron chi connectivity index (χ1n) is 21.7. The zero-order valence-corrected chi connectivity index (χ0v) is 37.4. The zero-order chi connectivity index (χ0) is 46.5. The van der Waals surface area contributed by atoms with Gasteiger partial charge in [-0.3, -0.25) is 19.2 Å². The van der Waals surface area contributed by atoms with Crippen molar-refractivity contribution in [3.63, 3.8) is 0 Å². The van der Waals surface area contributed by atoms with E-state index in [9.17, 15) is 28.8 Å². The topological polar surface area (TPSA) is 215 Å². The first-order valence-corrected chi connectivity index (χ1v) is 21.7. The highest BCUT2D eigenvalue weighted by molar-refractivity contribution is 5.96. The minimum atomic E-state index is -1.23. The number of carbonyl (C=O) groups is 6. The van der Waals surface area contributed by atoms with Crippen molar-refractivity contribution in [2.24, 2.45) is 0 Å². The lowest BCUT2D eigenvalue weighted by molar-refractivity contribution is -0.148. The Morgan fingerprint density at radius 1 is 0.785 bits per heavy atom. The minimum absolute atomic E-state index is 0.00998. The Morgan fingerprint density at radius 3 is 2.17 bits per heavy atom. The summed E-state index contributed by atoms with van der Waals surface area (Å²) in [4.78, 5) is 90.8. The van der Waals surface area contributed by atoms with Crippen LogP contribution in [0.2, 0.25) is 0 Å². The molecule has 65 heavy (non-hydrogen) atoms. The van der Waals surface area contributed by atoms with Gasteiger partial charge in [0.2, 0.25) is 23.6 Å². The van der Waals surface area contributed by atoms with E-state index < -0.39 is 71.5 Å². The Balaban J connectivity index is 1.11. The number of ether oxygens (including phenoxy) is 3. The number of aromatic nitrogens is 3. The number of hydrogen-bond donors (Lipinski definition) is 5. The molecule has 3 heterocycles. The average Bonchev–Trinajstić information content (AvgIpc) is 4.06. The van der Waals surface area contributed by atoms with Crippen molar-refractivity contribution in [2.75, 3.05) is 6.54 Å². The summed E-state index contributed by atoms with van der Waals surface area (Å²) >= 11 is 0. The van der Waals surface area contributed by atoms with Gasteiger partial charge in [-0.1, -0.05) is 78.9 Å². The van der Waals surface area contributed by atoms with Crippen LogP contribution in [0.1, 0.15) is 69.8 Å². The van der Waals surface area contributed by atoms with Crippen molar-refractivity contribution < 1.29 is 43.0 Å². The van der Waals surface area contributed by atoms with E-state index in [4.69, 9.17) is 14.2 Å². The molecule has 1 aliphatic heterocycles. The van der Waals surface area contributed by atoms with Crippen LogP contribution in [0.3, 0.4) is 0 Å². The summed E-state index contributed by atoms with van der Waals surface area (Å²) in [6.07, 6.45) is 5.13. The standard InChI is InChI=1S/C48H58N8O9/c1-31(51-44(59)41-21-14-22-56(41)45(60)40(54-47(62)65-48(3,4)5)23-35-25-49-38-20-13-12-19-37(35)38)42(57)53-39(43(58)52-32(2)46(61)64-28-34-17-10-7-11-18-34)24-36-26-55(29-50-36)30-63-27-33-15-8-6-9-16-33/h6-13,15-20,25-26,29,31-32,39-41,49H,14,21-24,27-28,30H2,1-5H3,(H,51,59)(H,52,58)(H,53,57)(H,54,62)/t31-,32-,39+,40-,41+/m1/s1. The van der Waals surface area contributed by atoms with E-state index in [1.807, 2.05) is 84.9 Å². The number of nitrogens with one attached hydrogen (secondary N) is 5. The van der Waals surface area contributed by atoms with Gasteiger partial charge in [-0.15, -0.1) is 0 Å². The highest BCUT2D eigenvalue weighted by Crippen LogP contribution is 2.23. The SMILES string of the molecule is C[C@@H](NC(=O)[C@@H]1CCCN1C(=O)[C@@H](Cc1c[nH]c2ccccc12)NC(=O)OC(C)(C)C)C(=O)N[C@@H](Cc1cn(COCc2ccccc2)cn1)C(=O)N[C@H](C)C(=O)OCc1ccccc1. The third-order valence-electron chi connectivity index (χ3n) is 10.7. The molecule has 5 atom stereocenters. The number of fused-ring (bicyclic) bond motifs is 1. The normalized spacial score (nSPS) is 15.6. The second kappa shape index (κ2) is 22.1. The monoisotopic (exact) mass is 890 g/mol. The Kier molecular flexibility index (Phi) is 16.1. The lowest BCUT2D eigenvalue weighted by atomic mass is 10.0. The van der Waals surface area contributed by atoms with Gasteiger partial charge in [-0.25, -0.2) is 14.6 Å². The zero-order valence-electron chi connectivity index (χ0n) is 37.4. The number of aromatic amines is 1. The molecule has 1 saturated heterocycles. The molecule has 5 amide bonds. The van der Waals surface area contributed by atoms with Gasteiger partial charge >= 0.3 is 12.1 Å². The molecule has 0 bridgehead atoms.